The third-order valence-corrected chi connectivity index (χ3v) is 1.66. The summed E-state index contributed by atoms with van der Waals surface area (Å²) in [5.41, 5.74) is 11.5. The molecule has 0 aliphatic rings. The van der Waals surface area contributed by atoms with Gasteiger partial charge in [-0.25, -0.2) is 0 Å². The Balaban J connectivity index is 0.00000144. The van der Waals surface area contributed by atoms with E-state index in [1.165, 1.54) is 0 Å². The molecule has 3 nitrogen and oxygen atoms in total. The molecule has 4 heteroatoms. The molecule has 0 heterocycles. The minimum absolute atomic E-state index is 0. The van der Waals surface area contributed by atoms with Gasteiger partial charge in [-0.3, -0.25) is 4.79 Å². The van der Waals surface area contributed by atoms with E-state index in [0.717, 1.165) is 5.56 Å². The van der Waals surface area contributed by atoms with Crippen molar-refractivity contribution in [2.45, 2.75) is 12.5 Å². The van der Waals surface area contributed by atoms with Crippen molar-refractivity contribution < 1.29 is 4.79 Å². The van der Waals surface area contributed by atoms with Crippen molar-refractivity contribution >= 4 is 18.3 Å². The van der Waals surface area contributed by atoms with Crippen molar-refractivity contribution in [3.05, 3.63) is 35.9 Å². The highest BCUT2D eigenvalue weighted by atomic mass is 35.5. The molecule has 1 aromatic rings. The SMILES string of the molecule is Cl.NC(=O)[C@@H](N)Cc1ccccc1. The Morgan fingerprint density at radius 3 is 2.31 bits per heavy atom. The van der Waals surface area contributed by atoms with Crippen LogP contribution in [0.3, 0.4) is 0 Å². The molecule has 0 fully saturated rings. The largest absolute Gasteiger partial charge is 0.368 e. The van der Waals surface area contributed by atoms with Crippen LogP contribution in [0.1, 0.15) is 5.56 Å². The Morgan fingerprint density at radius 1 is 1.31 bits per heavy atom. The molecule has 0 radical (unpaired) electrons. The number of amides is 1. The predicted octanol–water partition coefficient (Wildman–Crippen LogP) is 0.463. The zero-order valence-corrected chi connectivity index (χ0v) is 7.96. The molecular weight excluding hydrogens is 188 g/mol. The second kappa shape index (κ2) is 5.56. The summed E-state index contributed by atoms with van der Waals surface area (Å²) in [5, 5.41) is 0. The number of benzene rings is 1. The van der Waals surface area contributed by atoms with Gasteiger partial charge in [0.2, 0.25) is 5.91 Å². The highest BCUT2D eigenvalue weighted by Gasteiger charge is 2.08. The first kappa shape index (κ1) is 11.9. The summed E-state index contributed by atoms with van der Waals surface area (Å²) in [7, 11) is 0. The average molecular weight is 201 g/mol. The van der Waals surface area contributed by atoms with E-state index >= 15 is 0 Å². The van der Waals surface area contributed by atoms with Crippen LogP contribution < -0.4 is 11.5 Å². The lowest BCUT2D eigenvalue weighted by molar-refractivity contribution is -0.119. The molecule has 0 unspecified atom stereocenters. The van der Waals surface area contributed by atoms with E-state index in [1.54, 1.807) is 0 Å². The molecule has 0 spiro atoms. The fourth-order valence-corrected chi connectivity index (χ4v) is 0.969. The van der Waals surface area contributed by atoms with Gasteiger partial charge in [0.15, 0.2) is 0 Å². The molecule has 0 aliphatic carbocycles. The number of nitrogens with two attached hydrogens (primary N) is 2. The van der Waals surface area contributed by atoms with Gasteiger partial charge < -0.3 is 11.5 Å². The van der Waals surface area contributed by atoms with E-state index in [4.69, 9.17) is 11.5 Å². The monoisotopic (exact) mass is 200 g/mol. The number of carbonyl (C=O) groups is 1. The van der Waals surface area contributed by atoms with Gasteiger partial charge in [-0.05, 0) is 12.0 Å². The van der Waals surface area contributed by atoms with E-state index in [0.29, 0.717) is 6.42 Å². The summed E-state index contributed by atoms with van der Waals surface area (Å²) < 4.78 is 0. The van der Waals surface area contributed by atoms with Crippen LogP contribution in [0.25, 0.3) is 0 Å². The Kier molecular flexibility index (Phi) is 5.11. The fourth-order valence-electron chi connectivity index (χ4n) is 0.969. The maximum absolute atomic E-state index is 10.6. The van der Waals surface area contributed by atoms with Crippen molar-refractivity contribution in [3.8, 4) is 0 Å². The summed E-state index contributed by atoms with van der Waals surface area (Å²) in [6.07, 6.45) is 0.510. The van der Waals surface area contributed by atoms with Crippen molar-refractivity contribution in [3.63, 3.8) is 0 Å². The summed E-state index contributed by atoms with van der Waals surface area (Å²) in [6.45, 7) is 0. The van der Waals surface area contributed by atoms with Gasteiger partial charge >= 0.3 is 0 Å². The van der Waals surface area contributed by atoms with Crippen molar-refractivity contribution in [1.82, 2.24) is 0 Å². The van der Waals surface area contributed by atoms with Crippen molar-refractivity contribution in [1.29, 1.82) is 0 Å². The van der Waals surface area contributed by atoms with Gasteiger partial charge in [-0.15, -0.1) is 12.4 Å². The lowest BCUT2D eigenvalue weighted by Crippen LogP contribution is -2.38. The normalized spacial score (nSPS) is 11.5. The van der Waals surface area contributed by atoms with Gasteiger partial charge in [0.1, 0.15) is 0 Å². The number of halogens is 1. The van der Waals surface area contributed by atoms with E-state index in [9.17, 15) is 4.79 Å². The number of primary amides is 1. The van der Waals surface area contributed by atoms with Gasteiger partial charge in [0.25, 0.3) is 0 Å². The fraction of sp³-hybridized carbons (Fsp3) is 0.222. The van der Waals surface area contributed by atoms with E-state index in [1.807, 2.05) is 30.3 Å². The first-order valence-corrected chi connectivity index (χ1v) is 3.79. The highest BCUT2D eigenvalue weighted by Crippen LogP contribution is 2.00. The first-order valence-electron chi connectivity index (χ1n) is 3.79. The third kappa shape index (κ3) is 3.92. The third-order valence-electron chi connectivity index (χ3n) is 1.66. The van der Waals surface area contributed by atoms with E-state index < -0.39 is 11.9 Å². The molecule has 1 atom stereocenters. The topological polar surface area (TPSA) is 69.1 Å². The Hall–Kier alpha value is -1.06. The summed E-state index contributed by atoms with van der Waals surface area (Å²) >= 11 is 0. The molecule has 0 saturated heterocycles. The standard InChI is InChI=1S/C9H12N2O.ClH/c10-8(9(11)12)6-7-4-2-1-3-5-7;/h1-5,8H,6,10H2,(H2,11,12);1H/t8-;/m0./s1. The predicted molar refractivity (Wildman–Crippen MR) is 54.6 cm³/mol. The smallest absolute Gasteiger partial charge is 0.234 e. The number of rotatable bonds is 3. The Morgan fingerprint density at radius 2 is 1.85 bits per heavy atom. The number of hydrogen-bond acceptors (Lipinski definition) is 2. The maximum Gasteiger partial charge on any atom is 0.234 e. The molecule has 72 valence electrons. The maximum atomic E-state index is 10.6. The van der Waals surface area contributed by atoms with Crippen molar-refractivity contribution in [2.75, 3.05) is 0 Å². The molecule has 0 saturated carbocycles. The van der Waals surface area contributed by atoms with Crippen LogP contribution in [-0.2, 0) is 11.2 Å². The van der Waals surface area contributed by atoms with Gasteiger partial charge in [-0.1, -0.05) is 30.3 Å². The second-order valence-electron chi connectivity index (χ2n) is 2.70. The zero-order valence-electron chi connectivity index (χ0n) is 7.14. The minimum atomic E-state index is -0.576. The van der Waals surface area contributed by atoms with Crippen LogP contribution in [0.5, 0.6) is 0 Å². The summed E-state index contributed by atoms with van der Waals surface area (Å²) in [6, 6.07) is 8.99. The van der Waals surface area contributed by atoms with Crippen LogP contribution in [-0.4, -0.2) is 11.9 Å². The van der Waals surface area contributed by atoms with Gasteiger partial charge in [0.05, 0.1) is 6.04 Å². The average Bonchev–Trinajstić information content (AvgIpc) is 2.06. The summed E-state index contributed by atoms with van der Waals surface area (Å²) in [4.78, 5) is 10.6. The van der Waals surface area contributed by atoms with Crippen LogP contribution in [0, 0.1) is 0 Å². The molecule has 1 rings (SSSR count). The van der Waals surface area contributed by atoms with Gasteiger partial charge in [0, 0.05) is 0 Å². The van der Waals surface area contributed by atoms with E-state index in [2.05, 4.69) is 0 Å². The van der Waals surface area contributed by atoms with Crippen molar-refractivity contribution in [2.24, 2.45) is 11.5 Å². The number of hydrogen-bond donors (Lipinski definition) is 2. The highest BCUT2D eigenvalue weighted by molar-refractivity contribution is 5.85. The van der Waals surface area contributed by atoms with Gasteiger partial charge in [-0.2, -0.15) is 0 Å². The van der Waals surface area contributed by atoms with Crippen LogP contribution in [0.2, 0.25) is 0 Å². The molecule has 0 aromatic heterocycles. The molecular formula is C9H13ClN2O. The van der Waals surface area contributed by atoms with Crippen LogP contribution in [0.15, 0.2) is 30.3 Å². The van der Waals surface area contributed by atoms with Crippen LogP contribution in [0.4, 0.5) is 0 Å². The molecule has 13 heavy (non-hydrogen) atoms. The van der Waals surface area contributed by atoms with Crippen LogP contribution >= 0.6 is 12.4 Å². The molecule has 0 bridgehead atoms. The lowest BCUT2D eigenvalue weighted by atomic mass is 10.1. The van der Waals surface area contributed by atoms with E-state index in [-0.39, 0.29) is 12.4 Å². The lowest BCUT2D eigenvalue weighted by Gasteiger charge is -2.06. The minimum Gasteiger partial charge on any atom is -0.368 e. The first-order chi connectivity index (χ1) is 5.70. The summed E-state index contributed by atoms with van der Waals surface area (Å²) in [5.74, 6) is -0.459. The second-order valence-corrected chi connectivity index (χ2v) is 2.70. The Bertz CT molecular complexity index is 264. The molecule has 4 N–H and O–H groups in total. The quantitative estimate of drug-likeness (QED) is 0.745. The molecule has 1 aromatic carbocycles. The zero-order chi connectivity index (χ0) is 8.97. The Labute approximate surface area is 83.5 Å². The molecule has 1 amide bonds. The number of carbonyl (C=O) groups excluding carboxylic acids is 1. The molecule has 0 aliphatic heterocycles.